The van der Waals surface area contributed by atoms with Crippen LogP contribution >= 0.6 is 0 Å². The number of rotatable bonds is 6. The minimum atomic E-state index is -0.311. The maximum absolute atomic E-state index is 11.6. The van der Waals surface area contributed by atoms with Crippen molar-refractivity contribution in [3.05, 3.63) is 12.7 Å². The van der Waals surface area contributed by atoms with Crippen LogP contribution in [0.1, 0.15) is 19.9 Å². The Morgan fingerprint density at radius 1 is 1.53 bits per heavy atom. The van der Waals surface area contributed by atoms with Crippen LogP contribution in [0.25, 0.3) is 0 Å². The molecule has 1 rings (SSSR count). The van der Waals surface area contributed by atoms with Gasteiger partial charge in [-0.05, 0) is 13.5 Å². The van der Waals surface area contributed by atoms with Crippen LogP contribution in [0.4, 0.5) is 0 Å². The van der Waals surface area contributed by atoms with E-state index in [1.165, 1.54) is 17.3 Å². The lowest BCUT2D eigenvalue weighted by Gasteiger charge is -2.11. The van der Waals surface area contributed by atoms with Gasteiger partial charge in [0.1, 0.15) is 18.7 Å². The number of amides is 1. The van der Waals surface area contributed by atoms with E-state index in [0.717, 1.165) is 13.1 Å². The van der Waals surface area contributed by atoms with Crippen LogP contribution in [0.15, 0.2) is 12.7 Å². The Kier molecular flexibility index (Phi) is 4.76. The van der Waals surface area contributed by atoms with Gasteiger partial charge >= 0.3 is 0 Å². The first kappa shape index (κ1) is 11.6. The third-order valence-corrected chi connectivity index (χ3v) is 2.06. The molecule has 1 unspecified atom stereocenters. The smallest absolute Gasteiger partial charge is 0.244 e. The highest BCUT2D eigenvalue weighted by molar-refractivity contribution is 5.79. The van der Waals surface area contributed by atoms with Crippen LogP contribution in [0.2, 0.25) is 0 Å². The third kappa shape index (κ3) is 3.67. The van der Waals surface area contributed by atoms with E-state index in [4.69, 9.17) is 0 Å². The summed E-state index contributed by atoms with van der Waals surface area (Å²) in [4.78, 5) is 15.4. The average Bonchev–Trinajstić information content (AvgIpc) is 2.76. The molecule has 0 aliphatic heterocycles. The lowest BCUT2D eigenvalue weighted by atomic mass is 10.3. The highest BCUT2D eigenvalue weighted by atomic mass is 16.2. The van der Waals surface area contributed by atoms with Crippen molar-refractivity contribution in [1.29, 1.82) is 0 Å². The summed E-state index contributed by atoms with van der Waals surface area (Å²) in [7, 11) is 0. The molecule has 0 saturated carbocycles. The van der Waals surface area contributed by atoms with Crippen LogP contribution in [-0.2, 0) is 4.79 Å². The molecule has 0 aromatic carbocycles. The molecule has 1 atom stereocenters. The van der Waals surface area contributed by atoms with E-state index in [-0.39, 0.29) is 11.9 Å². The highest BCUT2D eigenvalue weighted by Gasteiger charge is 2.13. The molecule has 0 radical (unpaired) electrons. The lowest BCUT2D eigenvalue weighted by molar-refractivity contribution is -0.124. The Morgan fingerprint density at radius 2 is 2.33 bits per heavy atom. The molecule has 1 aromatic rings. The second kappa shape index (κ2) is 6.13. The molecule has 1 aromatic heterocycles. The normalized spacial score (nSPS) is 12.4. The lowest BCUT2D eigenvalue weighted by Crippen LogP contribution is -2.36. The van der Waals surface area contributed by atoms with E-state index in [1.54, 1.807) is 6.92 Å². The Labute approximate surface area is 89.1 Å². The standard InChI is InChI=1S/C9H17N5O/c1-3-10-4-5-12-9(15)8(2)14-7-11-6-13-14/h6-8,10H,3-5H2,1-2H3,(H,12,15). The Bertz CT molecular complexity index is 285. The van der Waals surface area contributed by atoms with Crippen molar-refractivity contribution in [2.75, 3.05) is 19.6 Å². The van der Waals surface area contributed by atoms with Gasteiger partial charge in [-0.2, -0.15) is 5.10 Å². The summed E-state index contributed by atoms with van der Waals surface area (Å²) in [6.07, 6.45) is 2.96. The summed E-state index contributed by atoms with van der Waals surface area (Å²) in [6, 6.07) is -0.311. The topological polar surface area (TPSA) is 71.8 Å². The maximum Gasteiger partial charge on any atom is 0.244 e. The number of nitrogens with one attached hydrogen (secondary N) is 2. The number of hydrogen-bond acceptors (Lipinski definition) is 4. The van der Waals surface area contributed by atoms with Crippen molar-refractivity contribution < 1.29 is 4.79 Å². The van der Waals surface area contributed by atoms with E-state index >= 15 is 0 Å². The Morgan fingerprint density at radius 3 is 2.93 bits per heavy atom. The number of aromatic nitrogens is 3. The minimum Gasteiger partial charge on any atom is -0.353 e. The maximum atomic E-state index is 11.6. The van der Waals surface area contributed by atoms with E-state index in [1.807, 2.05) is 6.92 Å². The van der Waals surface area contributed by atoms with Crippen molar-refractivity contribution >= 4 is 5.91 Å². The second-order valence-electron chi connectivity index (χ2n) is 3.20. The first-order valence-electron chi connectivity index (χ1n) is 5.08. The Hall–Kier alpha value is -1.43. The fourth-order valence-corrected chi connectivity index (χ4v) is 1.14. The molecule has 1 amide bonds. The summed E-state index contributed by atoms with van der Waals surface area (Å²) in [5.41, 5.74) is 0. The minimum absolute atomic E-state index is 0.0431. The fraction of sp³-hybridized carbons (Fsp3) is 0.667. The van der Waals surface area contributed by atoms with Gasteiger partial charge in [0.2, 0.25) is 5.91 Å². The van der Waals surface area contributed by atoms with Crippen LogP contribution in [0.5, 0.6) is 0 Å². The van der Waals surface area contributed by atoms with E-state index in [2.05, 4.69) is 20.7 Å². The highest BCUT2D eigenvalue weighted by Crippen LogP contribution is 2.00. The first-order chi connectivity index (χ1) is 7.25. The van der Waals surface area contributed by atoms with Crippen LogP contribution in [-0.4, -0.2) is 40.3 Å². The van der Waals surface area contributed by atoms with E-state index in [0.29, 0.717) is 6.54 Å². The van der Waals surface area contributed by atoms with Gasteiger partial charge in [0, 0.05) is 13.1 Å². The summed E-state index contributed by atoms with van der Waals surface area (Å²) in [5, 5.41) is 9.85. The van der Waals surface area contributed by atoms with Crippen LogP contribution in [0, 0.1) is 0 Å². The fourth-order valence-electron chi connectivity index (χ4n) is 1.14. The zero-order valence-electron chi connectivity index (χ0n) is 9.10. The van der Waals surface area contributed by atoms with E-state index in [9.17, 15) is 4.79 Å². The number of nitrogens with zero attached hydrogens (tertiary/aromatic N) is 3. The summed E-state index contributed by atoms with van der Waals surface area (Å²) < 4.78 is 1.53. The number of carbonyl (C=O) groups excluding carboxylic acids is 1. The summed E-state index contributed by atoms with van der Waals surface area (Å²) >= 11 is 0. The quantitative estimate of drug-likeness (QED) is 0.626. The molecule has 84 valence electrons. The zero-order valence-corrected chi connectivity index (χ0v) is 9.10. The summed E-state index contributed by atoms with van der Waals surface area (Å²) in [5.74, 6) is -0.0431. The first-order valence-corrected chi connectivity index (χ1v) is 5.08. The van der Waals surface area contributed by atoms with Gasteiger partial charge in [-0.1, -0.05) is 6.92 Å². The molecule has 0 fully saturated rings. The van der Waals surface area contributed by atoms with E-state index < -0.39 is 0 Å². The van der Waals surface area contributed by atoms with Crippen molar-refractivity contribution in [3.63, 3.8) is 0 Å². The Balaban J connectivity index is 2.28. The molecule has 2 N–H and O–H groups in total. The van der Waals surface area contributed by atoms with Crippen LogP contribution in [0.3, 0.4) is 0 Å². The molecule has 6 nitrogen and oxygen atoms in total. The van der Waals surface area contributed by atoms with Gasteiger partial charge in [0.05, 0.1) is 0 Å². The van der Waals surface area contributed by atoms with Crippen molar-refractivity contribution in [3.8, 4) is 0 Å². The molecule has 0 saturated heterocycles. The van der Waals surface area contributed by atoms with Gasteiger partial charge in [-0.15, -0.1) is 0 Å². The molecule has 0 aliphatic rings. The monoisotopic (exact) mass is 211 g/mol. The SMILES string of the molecule is CCNCCNC(=O)C(C)n1cncn1. The predicted molar refractivity (Wildman–Crippen MR) is 56.3 cm³/mol. The summed E-state index contributed by atoms with van der Waals surface area (Å²) in [6.45, 7) is 6.14. The van der Waals surface area contributed by atoms with Crippen LogP contribution < -0.4 is 10.6 Å². The second-order valence-corrected chi connectivity index (χ2v) is 3.20. The largest absolute Gasteiger partial charge is 0.353 e. The molecule has 0 aliphatic carbocycles. The van der Waals surface area contributed by atoms with Crippen molar-refractivity contribution in [2.45, 2.75) is 19.9 Å². The molecule has 0 bridgehead atoms. The van der Waals surface area contributed by atoms with Gasteiger partial charge < -0.3 is 10.6 Å². The molecule has 6 heteroatoms. The number of carbonyl (C=O) groups is 1. The van der Waals surface area contributed by atoms with Crippen molar-refractivity contribution in [2.24, 2.45) is 0 Å². The third-order valence-electron chi connectivity index (χ3n) is 2.06. The molecule has 1 heterocycles. The number of likely N-dealkylation sites (N-methyl/N-ethyl adjacent to an activating group) is 1. The van der Waals surface area contributed by atoms with Crippen molar-refractivity contribution in [1.82, 2.24) is 25.4 Å². The molecule has 0 spiro atoms. The van der Waals surface area contributed by atoms with Gasteiger partial charge in [0.25, 0.3) is 0 Å². The molecular formula is C9H17N5O. The molecule has 15 heavy (non-hydrogen) atoms. The van der Waals surface area contributed by atoms with Gasteiger partial charge in [-0.3, -0.25) is 4.79 Å². The van der Waals surface area contributed by atoms with Gasteiger partial charge in [0.15, 0.2) is 0 Å². The predicted octanol–water partition coefficient (Wildman–Crippen LogP) is -0.435. The number of hydrogen-bond donors (Lipinski definition) is 2. The molecular weight excluding hydrogens is 194 g/mol. The average molecular weight is 211 g/mol. The van der Waals surface area contributed by atoms with Gasteiger partial charge in [-0.25, -0.2) is 9.67 Å². The zero-order chi connectivity index (χ0) is 11.1.